The first kappa shape index (κ1) is 17.1. The summed E-state index contributed by atoms with van der Waals surface area (Å²) < 4.78 is 10.8. The van der Waals surface area contributed by atoms with Crippen LogP contribution in [0.3, 0.4) is 0 Å². The molecule has 0 unspecified atom stereocenters. The first-order valence-electron chi connectivity index (χ1n) is 8.96. The van der Waals surface area contributed by atoms with Gasteiger partial charge in [-0.25, -0.2) is 9.59 Å². The van der Waals surface area contributed by atoms with Crippen LogP contribution < -0.4 is 5.32 Å². The van der Waals surface area contributed by atoms with E-state index in [-0.39, 0.29) is 11.9 Å². The summed E-state index contributed by atoms with van der Waals surface area (Å²) in [5, 5.41) is 4.02. The van der Waals surface area contributed by atoms with Crippen molar-refractivity contribution < 1.29 is 19.1 Å². The van der Waals surface area contributed by atoms with Gasteiger partial charge in [-0.1, -0.05) is 25.1 Å². The molecule has 0 bridgehead atoms. The summed E-state index contributed by atoms with van der Waals surface area (Å²) >= 11 is 1.58. The van der Waals surface area contributed by atoms with Crippen molar-refractivity contribution in [1.82, 2.24) is 0 Å². The van der Waals surface area contributed by atoms with Gasteiger partial charge in [-0.05, 0) is 43.7 Å². The second kappa shape index (κ2) is 6.76. The third kappa shape index (κ3) is 2.88. The van der Waals surface area contributed by atoms with Crippen LogP contribution in [0.15, 0.2) is 24.3 Å². The number of benzene rings is 1. The Morgan fingerprint density at radius 3 is 3.00 bits per heavy atom. The molecule has 2 heterocycles. The number of rotatable bonds is 4. The highest BCUT2D eigenvalue weighted by molar-refractivity contribution is 7.16. The van der Waals surface area contributed by atoms with Crippen molar-refractivity contribution in [2.45, 2.75) is 39.3 Å². The van der Waals surface area contributed by atoms with E-state index in [9.17, 15) is 9.59 Å². The third-order valence-electron chi connectivity index (χ3n) is 4.94. The molecule has 1 N–H and O–H groups in total. The Bertz CT molecular complexity index is 873. The molecule has 2 aliphatic rings. The second-order valence-corrected chi connectivity index (χ2v) is 7.90. The van der Waals surface area contributed by atoms with E-state index in [1.54, 1.807) is 24.3 Å². The number of ether oxygens (including phenoxy) is 2. The summed E-state index contributed by atoms with van der Waals surface area (Å²) in [5.41, 5.74) is 3.07. The number of nitrogens with one attached hydrogen (secondary N) is 1. The molecular weight excluding hydrogens is 350 g/mol. The quantitative estimate of drug-likeness (QED) is 0.811. The fourth-order valence-electron chi connectivity index (χ4n) is 3.64. The highest BCUT2D eigenvalue weighted by atomic mass is 32.1. The first-order chi connectivity index (χ1) is 12.6. The van der Waals surface area contributed by atoms with Gasteiger partial charge < -0.3 is 14.8 Å². The molecule has 5 nitrogen and oxygen atoms in total. The summed E-state index contributed by atoms with van der Waals surface area (Å²) in [7, 11) is 0. The normalized spacial score (nSPS) is 20.9. The highest BCUT2D eigenvalue weighted by Crippen LogP contribution is 2.42. The Balaban J connectivity index is 1.71. The van der Waals surface area contributed by atoms with Crippen LogP contribution in [0, 0.1) is 5.92 Å². The standard InChI is InChI=1S/C20H21NO4S/c1-3-24-20(23)16-14-9-8-11(2)10-15(14)26-18(16)21-17-12-6-4-5-7-13(12)19(22)25-17/h4-7,11,17,21H,3,8-10H2,1-2H3/t11-,17-/m0/s1. The Kier molecular flexibility index (Phi) is 4.44. The average molecular weight is 371 g/mol. The minimum atomic E-state index is -0.579. The van der Waals surface area contributed by atoms with E-state index in [2.05, 4.69) is 12.2 Å². The lowest BCUT2D eigenvalue weighted by molar-refractivity contribution is 0.0437. The third-order valence-corrected chi connectivity index (χ3v) is 6.13. The lowest BCUT2D eigenvalue weighted by Gasteiger charge is -2.18. The van der Waals surface area contributed by atoms with Crippen LogP contribution in [0.1, 0.15) is 63.2 Å². The molecule has 1 aromatic heterocycles. The van der Waals surface area contributed by atoms with E-state index in [1.807, 2.05) is 18.2 Å². The van der Waals surface area contributed by atoms with E-state index < -0.39 is 6.23 Å². The van der Waals surface area contributed by atoms with Crippen molar-refractivity contribution in [2.24, 2.45) is 5.92 Å². The summed E-state index contributed by atoms with van der Waals surface area (Å²) in [6.07, 6.45) is 2.33. The van der Waals surface area contributed by atoms with Crippen molar-refractivity contribution >= 4 is 28.3 Å². The zero-order valence-corrected chi connectivity index (χ0v) is 15.7. The predicted molar refractivity (Wildman–Crippen MR) is 99.7 cm³/mol. The monoisotopic (exact) mass is 371 g/mol. The van der Waals surface area contributed by atoms with Crippen LogP contribution in [-0.2, 0) is 22.3 Å². The van der Waals surface area contributed by atoms with Gasteiger partial charge in [-0.15, -0.1) is 11.3 Å². The largest absolute Gasteiger partial charge is 0.462 e. The van der Waals surface area contributed by atoms with Crippen molar-refractivity contribution in [3.8, 4) is 0 Å². The molecule has 2 aromatic rings. The van der Waals surface area contributed by atoms with Crippen molar-refractivity contribution in [3.63, 3.8) is 0 Å². The Hall–Kier alpha value is -2.34. The van der Waals surface area contributed by atoms with Crippen molar-refractivity contribution in [2.75, 3.05) is 11.9 Å². The van der Waals surface area contributed by atoms with Crippen LogP contribution in [0.4, 0.5) is 5.00 Å². The minimum absolute atomic E-state index is 0.306. The van der Waals surface area contributed by atoms with Gasteiger partial charge in [0.1, 0.15) is 5.00 Å². The molecule has 0 saturated carbocycles. The van der Waals surface area contributed by atoms with Gasteiger partial charge in [-0.3, -0.25) is 0 Å². The summed E-state index contributed by atoms with van der Waals surface area (Å²) in [5.74, 6) is -0.0422. The molecule has 0 amide bonds. The topological polar surface area (TPSA) is 64.6 Å². The van der Waals surface area contributed by atoms with Crippen LogP contribution in [-0.4, -0.2) is 18.5 Å². The van der Waals surface area contributed by atoms with E-state index >= 15 is 0 Å². The molecule has 6 heteroatoms. The van der Waals surface area contributed by atoms with Gasteiger partial charge in [-0.2, -0.15) is 0 Å². The molecular formula is C20H21NO4S. The SMILES string of the molecule is CCOC(=O)c1c(N[C@H]2OC(=O)c3ccccc32)sc2c1CC[C@H](C)C2. The summed E-state index contributed by atoms with van der Waals surface area (Å²) in [4.78, 5) is 25.9. The van der Waals surface area contributed by atoms with Crippen molar-refractivity contribution in [3.05, 3.63) is 51.4 Å². The number of thiophene rings is 1. The molecule has 0 spiro atoms. The molecule has 26 heavy (non-hydrogen) atoms. The number of carbonyl (C=O) groups excluding carboxylic acids is 2. The van der Waals surface area contributed by atoms with E-state index in [0.717, 1.165) is 35.4 Å². The smallest absolute Gasteiger partial charge is 0.341 e. The maximum Gasteiger partial charge on any atom is 0.341 e. The van der Waals surface area contributed by atoms with E-state index in [4.69, 9.17) is 9.47 Å². The zero-order valence-electron chi connectivity index (χ0n) is 14.8. The van der Waals surface area contributed by atoms with Crippen LogP contribution in [0.25, 0.3) is 0 Å². The number of esters is 2. The average Bonchev–Trinajstić information content (AvgIpc) is 3.13. The van der Waals surface area contributed by atoms with Crippen LogP contribution in [0.5, 0.6) is 0 Å². The maximum atomic E-state index is 12.6. The fourth-order valence-corrected chi connectivity index (χ4v) is 5.06. The molecule has 0 fully saturated rings. The van der Waals surface area contributed by atoms with Crippen LogP contribution in [0.2, 0.25) is 0 Å². The number of cyclic esters (lactones) is 1. The van der Waals surface area contributed by atoms with Gasteiger partial charge in [0, 0.05) is 10.4 Å². The summed E-state index contributed by atoms with van der Waals surface area (Å²) in [6, 6.07) is 7.32. The molecule has 4 rings (SSSR count). The van der Waals surface area contributed by atoms with Crippen LogP contribution >= 0.6 is 11.3 Å². The predicted octanol–water partition coefficient (Wildman–Crippen LogP) is 4.33. The Morgan fingerprint density at radius 2 is 2.19 bits per heavy atom. The Morgan fingerprint density at radius 1 is 1.38 bits per heavy atom. The number of fused-ring (bicyclic) bond motifs is 2. The molecule has 0 radical (unpaired) electrons. The molecule has 1 aromatic carbocycles. The van der Waals surface area contributed by atoms with Gasteiger partial charge in [0.25, 0.3) is 0 Å². The summed E-state index contributed by atoms with van der Waals surface area (Å²) in [6.45, 7) is 4.37. The number of hydrogen-bond donors (Lipinski definition) is 1. The molecule has 0 saturated heterocycles. The van der Waals surface area contributed by atoms with Gasteiger partial charge in [0.2, 0.25) is 6.23 Å². The van der Waals surface area contributed by atoms with E-state index in [1.165, 1.54) is 4.88 Å². The van der Waals surface area contributed by atoms with Gasteiger partial charge >= 0.3 is 11.9 Å². The fraction of sp³-hybridized carbons (Fsp3) is 0.400. The van der Waals surface area contributed by atoms with Gasteiger partial charge in [0.15, 0.2) is 0 Å². The molecule has 2 atom stereocenters. The van der Waals surface area contributed by atoms with Gasteiger partial charge in [0.05, 0.1) is 17.7 Å². The number of hydrogen-bond acceptors (Lipinski definition) is 6. The lowest BCUT2D eigenvalue weighted by Crippen LogP contribution is -2.16. The maximum absolute atomic E-state index is 12.6. The number of carbonyl (C=O) groups is 2. The van der Waals surface area contributed by atoms with Crippen molar-refractivity contribution in [1.29, 1.82) is 0 Å². The highest BCUT2D eigenvalue weighted by Gasteiger charge is 2.34. The molecule has 136 valence electrons. The number of anilines is 1. The van der Waals surface area contributed by atoms with E-state index in [0.29, 0.717) is 23.7 Å². The minimum Gasteiger partial charge on any atom is -0.462 e. The second-order valence-electron chi connectivity index (χ2n) is 6.79. The first-order valence-corrected chi connectivity index (χ1v) is 9.78. The molecule has 1 aliphatic carbocycles. The zero-order chi connectivity index (χ0) is 18.3. The Labute approximate surface area is 156 Å². The molecule has 1 aliphatic heterocycles. The lowest BCUT2D eigenvalue weighted by atomic mass is 9.88.